The molecule has 0 radical (unpaired) electrons. The fourth-order valence-electron chi connectivity index (χ4n) is 2.96. The summed E-state index contributed by atoms with van der Waals surface area (Å²) in [6, 6.07) is 14.5. The van der Waals surface area contributed by atoms with E-state index in [0.29, 0.717) is 23.4 Å². The number of ether oxygens (including phenoxy) is 1. The number of carbonyl (C=O) groups excluding carboxylic acids is 1. The van der Waals surface area contributed by atoms with E-state index in [1.165, 1.54) is 0 Å². The summed E-state index contributed by atoms with van der Waals surface area (Å²) in [5, 5.41) is 41.0. The fraction of sp³-hybridized carbons (Fsp3) is 0.350. The number of nitrogens with one attached hydrogen (secondary N) is 1. The summed E-state index contributed by atoms with van der Waals surface area (Å²) in [5.41, 5.74) is 1.60. The van der Waals surface area contributed by atoms with Gasteiger partial charge in [0.25, 0.3) is 5.91 Å². The maximum absolute atomic E-state index is 12.4. The molecule has 1 fully saturated rings. The number of hydrogen-bond donors (Lipinski definition) is 4. The van der Waals surface area contributed by atoms with Crippen LogP contribution in [0.15, 0.2) is 64.8 Å². The normalized spacial score (nSPS) is 27.6. The molecule has 8 heteroatoms. The predicted octanol–water partition coefficient (Wildman–Crippen LogP) is 2.05. The summed E-state index contributed by atoms with van der Waals surface area (Å²) in [7, 11) is 0. The van der Waals surface area contributed by atoms with Crippen LogP contribution in [0.3, 0.4) is 0 Å². The van der Waals surface area contributed by atoms with Crippen molar-refractivity contribution in [3.63, 3.8) is 0 Å². The average Bonchev–Trinajstić information content (AvgIpc) is 2.73. The van der Waals surface area contributed by atoms with Gasteiger partial charge < -0.3 is 25.4 Å². The topological polar surface area (TPSA) is 124 Å². The van der Waals surface area contributed by atoms with Crippen LogP contribution in [0.25, 0.3) is 0 Å². The quantitative estimate of drug-likeness (QED) is 0.587. The molecule has 5 atom stereocenters. The molecule has 0 bridgehead atoms. The zero-order valence-corrected chi connectivity index (χ0v) is 15.3. The molecule has 1 aliphatic rings. The first-order valence-electron chi connectivity index (χ1n) is 9.07. The lowest BCUT2D eigenvalue weighted by Gasteiger charge is -2.40. The lowest BCUT2D eigenvalue weighted by Crippen LogP contribution is -2.63. The minimum absolute atomic E-state index is 0.310. The van der Waals surface area contributed by atoms with Crippen LogP contribution >= 0.6 is 0 Å². The first-order chi connectivity index (χ1) is 13.5. The number of hydrogen-bond acceptors (Lipinski definition) is 7. The highest BCUT2D eigenvalue weighted by Gasteiger charge is 2.43. The van der Waals surface area contributed by atoms with Gasteiger partial charge in [0.15, 0.2) is 6.29 Å². The van der Waals surface area contributed by atoms with Crippen molar-refractivity contribution in [2.75, 3.05) is 0 Å². The van der Waals surface area contributed by atoms with Gasteiger partial charge in [-0.3, -0.25) is 4.79 Å². The number of aliphatic hydroxyl groups is 3. The van der Waals surface area contributed by atoms with Crippen LogP contribution in [0.1, 0.15) is 23.7 Å². The summed E-state index contributed by atoms with van der Waals surface area (Å²) >= 11 is 0. The summed E-state index contributed by atoms with van der Waals surface area (Å²) in [5.74, 6) is -0.514. The lowest BCUT2D eigenvalue weighted by atomic mass is 9.95. The van der Waals surface area contributed by atoms with Gasteiger partial charge in [0, 0.05) is 5.56 Å². The molecule has 3 rings (SSSR count). The second-order valence-corrected chi connectivity index (χ2v) is 6.54. The van der Waals surface area contributed by atoms with E-state index >= 15 is 0 Å². The second-order valence-electron chi connectivity index (χ2n) is 6.54. The second kappa shape index (κ2) is 9.03. The minimum atomic E-state index is -1.41. The minimum Gasteiger partial charge on any atom is -0.388 e. The van der Waals surface area contributed by atoms with Gasteiger partial charge in [-0.1, -0.05) is 25.1 Å². The molecule has 0 aliphatic carbocycles. The SMILES string of the molecule is CCC1OC(O)C(NC(=O)c2ccc(/N=N/c3ccccc3)cc2)C(O)C1O. The van der Waals surface area contributed by atoms with Crippen LogP contribution in [0.4, 0.5) is 11.4 Å². The summed E-state index contributed by atoms with van der Waals surface area (Å²) < 4.78 is 5.26. The van der Waals surface area contributed by atoms with Crippen LogP contribution in [-0.2, 0) is 4.74 Å². The van der Waals surface area contributed by atoms with Gasteiger partial charge in [0.2, 0.25) is 0 Å². The first-order valence-corrected chi connectivity index (χ1v) is 9.07. The fourth-order valence-corrected chi connectivity index (χ4v) is 2.96. The molecule has 1 saturated heterocycles. The standard InChI is InChI=1S/C20H23N3O5/c1-2-15-17(24)18(25)16(20(27)28-15)21-19(26)12-8-10-14(11-9-12)23-22-13-6-4-3-5-7-13/h3-11,15-18,20,24-25,27H,2H2,1H3,(H,21,26)/b23-22+. The van der Waals surface area contributed by atoms with Crippen LogP contribution in [-0.4, -0.2) is 51.9 Å². The van der Waals surface area contributed by atoms with Crippen molar-refractivity contribution in [1.29, 1.82) is 0 Å². The van der Waals surface area contributed by atoms with E-state index in [0.717, 1.165) is 0 Å². The Balaban J connectivity index is 1.64. The number of amides is 1. The van der Waals surface area contributed by atoms with Crippen LogP contribution < -0.4 is 5.32 Å². The maximum atomic E-state index is 12.4. The zero-order chi connectivity index (χ0) is 20.1. The van der Waals surface area contributed by atoms with Gasteiger partial charge in [0.05, 0.1) is 17.5 Å². The largest absolute Gasteiger partial charge is 0.388 e. The van der Waals surface area contributed by atoms with Crippen molar-refractivity contribution >= 4 is 17.3 Å². The van der Waals surface area contributed by atoms with E-state index in [4.69, 9.17) is 4.74 Å². The van der Waals surface area contributed by atoms with E-state index in [1.807, 2.05) is 30.3 Å². The third-order valence-electron chi connectivity index (χ3n) is 4.59. The Morgan fingerprint density at radius 3 is 2.18 bits per heavy atom. The molecule has 1 amide bonds. The summed E-state index contributed by atoms with van der Waals surface area (Å²) in [4.78, 5) is 12.4. The molecule has 5 unspecified atom stereocenters. The molecule has 0 saturated carbocycles. The van der Waals surface area contributed by atoms with E-state index in [9.17, 15) is 20.1 Å². The zero-order valence-electron chi connectivity index (χ0n) is 15.3. The Morgan fingerprint density at radius 2 is 1.57 bits per heavy atom. The van der Waals surface area contributed by atoms with Crippen molar-refractivity contribution in [2.24, 2.45) is 10.2 Å². The Hall–Kier alpha value is -2.65. The molecule has 2 aromatic carbocycles. The molecule has 4 N–H and O–H groups in total. The van der Waals surface area contributed by atoms with Crippen LogP contribution in [0.5, 0.6) is 0 Å². The molecule has 2 aromatic rings. The maximum Gasteiger partial charge on any atom is 0.251 e. The Labute approximate surface area is 162 Å². The van der Waals surface area contributed by atoms with Gasteiger partial charge >= 0.3 is 0 Å². The van der Waals surface area contributed by atoms with Gasteiger partial charge in [-0.2, -0.15) is 10.2 Å². The van der Waals surface area contributed by atoms with Gasteiger partial charge in [-0.05, 0) is 42.8 Å². The lowest BCUT2D eigenvalue weighted by molar-refractivity contribution is -0.246. The number of benzene rings is 2. The highest BCUT2D eigenvalue weighted by Crippen LogP contribution is 2.23. The molecule has 8 nitrogen and oxygen atoms in total. The molecule has 148 valence electrons. The van der Waals surface area contributed by atoms with Crippen molar-refractivity contribution in [1.82, 2.24) is 5.32 Å². The Bertz CT molecular complexity index is 812. The summed E-state index contributed by atoms with van der Waals surface area (Å²) in [6.07, 6.45) is -4.20. The third kappa shape index (κ3) is 4.60. The van der Waals surface area contributed by atoms with Crippen molar-refractivity contribution in [2.45, 2.75) is 44.0 Å². The number of aliphatic hydroxyl groups excluding tert-OH is 3. The molecule has 1 heterocycles. The van der Waals surface area contributed by atoms with Gasteiger partial charge in [-0.15, -0.1) is 0 Å². The number of azo groups is 1. The van der Waals surface area contributed by atoms with E-state index in [-0.39, 0.29) is 0 Å². The molecular weight excluding hydrogens is 362 g/mol. The number of carbonyl (C=O) groups is 1. The van der Waals surface area contributed by atoms with E-state index < -0.39 is 36.6 Å². The molecular formula is C20H23N3O5. The molecule has 0 aromatic heterocycles. The predicted molar refractivity (Wildman–Crippen MR) is 101 cm³/mol. The number of rotatable bonds is 5. The smallest absolute Gasteiger partial charge is 0.251 e. The monoisotopic (exact) mass is 385 g/mol. The van der Waals surface area contributed by atoms with Crippen LogP contribution in [0, 0.1) is 0 Å². The summed E-state index contributed by atoms with van der Waals surface area (Å²) in [6.45, 7) is 1.77. The first kappa shape index (κ1) is 20.1. The van der Waals surface area contributed by atoms with Crippen molar-refractivity contribution < 1.29 is 24.9 Å². The Morgan fingerprint density at radius 1 is 0.964 bits per heavy atom. The van der Waals surface area contributed by atoms with Crippen LogP contribution in [0.2, 0.25) is 0 Å². The number of nitrogens with zero attached hydrogens (tertiary/aromatic N) is 2. The van der Waals surface area contributed by atoms with E-state index in [1.54, 1.807) is 31.2 Å². The third-order valence-corrected chi connectivity index (χ3v) is 4.59. The molecule has 28 heavy (non-hydrogen) atoms. The molecule has 0 spiro atoms. The van der Waals surface area contributed by atoms with Crippen molar-refractivity contribution in [3.05, 3.63) is 60.2 Å². The molecule has 1 aliphatic heterocycles. The van der Waals surface area contributed by atoms with Crippen molar-refractivity contribution in [3.8, 4) is 0 Å². The highest BCUT2D eigenvalue weighted by molar-refractivity contribution is 5.94. The van der Waals surface area contributed by atoms with E-state index in [2.05, 4.69) is 15.5 Å². The van der Waals surface area contributed by atoms with Gasteiger partial charge in [0.1, 0.15) is 18.2 Å². The Kier molecular flexibility index (Phi) is 6.48. The highest BCUT2D eigenvalue weighted by atomic mass is 16.6. The average molecular weight is 385 g/mol. The van der Waals surface area contributed by atoms with Gasteiger partial charge in [-0.25, -0.2) is 0 Å².